The van der Waals surface area contributed by atoms with Crippen LogP contribution in [0.1, 0.15) is 27.3 Å². The van der Waals surface area contributed by atoms with Crippen LogP contribution < -0.4 is 4.90 Å². The van der Waals surface area contributed by atoms with E-state index < -0.39 is 0 Å². The first kappa shape index (κ1) is 18.7. The Morgan fingerprint density at radius 1 is 0.933 bits per heavy atom. The van der Waals surface area contributed by atoms with E-state index in [1.54, 1.807) is 17.2 Å². The van der Waals surface area contributed by atoms with Crippen molar-refractivity contribution in [2.75, 3.05) is 31.1 Å². The predicted molar refractivity (Wildman–Crippen MR) is 113 cm³/mol. The van der Waals surface area contributed by atoms with Gasteiger partial charge in [-0.2, -0.15) is 15.0 Å². The maximum absolute atomic E-state index is 13.4. The summed E-state index contributed by atoms with van der Waals surface area (Å²) in [5, 5.41) is 8.49. The van der Waals surface area contributed by atoms with Crippen molar-refractivity contribution in [1.82, 2.24) is 29.9 Å². The van der Waals surface area contributed by atoms with Crippen LogP contribution in [-0.4, -0.2) is 61.9 Å². The van der Waals surface area contributed by atoms with Crippen LogP contribution in [0.3, 0.4) is 0 Å². The zero-order valence-electron chi connectivity index (χ0n) is 17.5. The number of carbonyl (C=O) groups is 1. The highest BCUT2D eigenvalue weighted by Crippen LogP contribution is 2.34. The van der Waals surface area contributed by atoms with E-state index in [4.69, 9.17) is 0 Å². The predicted octanol–water partition coefficient (Wildman–Crippen LogP) is 2.19. The summed E-state index contributed by atoms with van der Waals surface area (Å²) in [5.41, 5.74) is 4.38. The van der Waals surface area contributed by atoms with Crippen molar-refractivity contribution in [3.63, 3.8) is 0 Å². The van der Waals surface area contributed by atoms with Gasteiger partial charge in [0.2, 0.25) is 5.95 Å². The number of aromatic nitrogens is 5. The average molecular weight is 403 g/mol. The molecule has 4 heterocycles. The Balaban J connectivity index is 1.34. The molecule has 2 aliphatic heterocycles. The highest BCUT2D eigenvalue weighted by atomic mass is 16.2. The summed E-state index contributed by atoms with van der Waals surface area (Å²) in [6, 6.07) is 7.77. The summed E-state index contributed by atoms with van der Waals surface area (Å²) in [6.07, 6.45) is 3.26. The van der Waals surface area contributed by atoms with E-state index in [9.17, 15) is 4.79 Å². The van der Waals surface area contributed by atoms with Crippen molar-refractivity contribution in [3.8, 4) is 5.69 Å². The van der Waals surface area contributed by atoms with Gasteiger partial charge in [-0.15, -0.1) is 0 Å². The quantitative estimate of drug-likeness (QED) is 0.667. The lowest BCUT2D eigenvalue weighted by atomic mass is 10.0. The molecule has 0 bridgehead atoms. The van der Waals surface area contributed by atoms with Crippen LogP contribution in [-0.2, 0) is 0 Å². The number of rotatable bonds is 3. The molecule has 2 saturated heterocycles. The van der Waals surface area contributed by atoms with E-state index in [0.29, 0.717) is 17.4 Å². The molecular weight excluding hydrogens is 378 g/mol. The molecule has 1 aromatic carbocycles. The molecule has 0 saturated carbocycles. The monoisotopic (exact) mass is 403 g/mol. The summed E-state index contributed by atoms with van der Waals surface area (Å²) >= 11 is 0. The molecule has 3 aromatic rings. The molecule has 2 aliphatic rings. The van der Waals surface area contributed by atoms with Crippen molar-refractivity contribution in [2.24, 2.45) is 11.8 Å². The molecule has 2 unspecified atom stereocenters. The third kappa shape index (κ3) is 3.22. The summed E-state index contributed by atoms with van der Waals surface area (Å²) in [5.74, 6) is 1.74. The minimum atomic E-state index is 0.0506. The number of para-hydroxylation sites is 1. The number of likely N-dealkylation sites (tertiary alicyclic amines) is 1. The van der Waals surface area contributed by atoms with Gasteiger partial charge in [-0.05, 0) is 38.5 Å². The maximum atomic E-state index is 13.4. The number of anilines is 1. The number of hydrogen-bond acceptors (Lipinski definition) is 6. The third-order valence-corrected chi connectivity index (χ3v) is 6.11. The number of nitrogens with zero attached hydrogens (tertiary/aromatic N) is 7. The molecule has 30 heavy (non-hydrogen) atoms. The van der Waals surface area contributed by atoms with E-state index >= 15 is 0 Å². The number of carbonyl (C=O) groups excluding carboxylic acids is 1. The van der Waals surface area contributed by atoms with Crippen LogP contribution >= 0.6 is 0 Å². The number of amides is 1. The van der Waals surface area contributed by atoms with E-state index in [1.807, 2.05) is 49.9 Å². The zero-order valence-corrected chi connectivity index (χ0v) is 17.5. The van der Waals surface area contributed by atoms with Crippen molar-refractivity contribution in [1.29, 1.82) is 0 Å². The van der Waals surface area contributed by atoms with E-state index in [1.165, 1.54) is 0 Å². The van der Waals surface area contributed by atoms with Crippen LogP contribution in [0.2, 0.25) is 0 Å². The Kier molecular flexibility index (Phi) is 4.49. The standard InChI is InChI=1S/C22H25N7O/c1-14-5-4-6-19(20(14)29-23-7-8-24-29)21(30)27-10-17-12-28(13-18(17)11-27)22-25-15(2)9-16(3)26-22/h4-9,17-18H,10-13H2,1-3H3. The fourth-order valence-electron chi connectivity index (χ4n) is 4.77. The molecule has 0 N–H and O–H groups in total. The Bertz CT molecular complexity index is 1060. The molecule has 1 amide bonds. The van der Waals surface area contributed by atoms with Gasteiger partial charge in [0.25, 0.3) is 5.91 Å². The largest absolute Gasteiger partial charge is 0.340 e. The minimum absolute atomic E-state index is 0.0506. The van der Waals surface area contributed by atoms with Crippen molar-refractivity contribution in [2.45, 2.75) is 20.8 Å². The molecule has 5 rings (SSSR count). The van der Waals surface area contributed by atoms with E-state index in [2.05, 4.69) is 25.1 Å². The summed E-state index contributed by atoms with van der Waals surface area (Å²) in [6.45, 7) is 9.27. The smallest absolute Gasteiger partial charge is 0.256 e. The van der Waals surface area contributed by atoms with Gasteiger partial charge < -0.3 is 9.80 Å². The molecule has 2 atom stereocenters. The number of aryl methyl sites for hydroxylation is 3. The van der Waals surface area contributed by atoms with Gasteiger partial charge in [0.05, 0.1) is 18.0 Å². The Morgan fingerprint density at radius 2 is 1.57 bits per heavy atom. The van der Waals surface area contributed by atoms with E-state index in [-0.39, 0.29) is 5.91 Å². The minimum Gasteiger partial charge on any atom is -0.340 e. The number of hydrogen-bond donors (Lipinski definition) is 0. The Morgan fingerprint density at radius 3 is 2.20 bits per heavy atom. The first-order chi connectivity index (χ1) is 14.5. The molecule has 0 radical (unpaired) electrons. The highest BCUT2D eigenvalue weighted by molar-refractivity contribution is 5.98. The van der Waals surface area contributed by atoms with Crippen molar-refractivity contribution < 1.29 is 4.79 Å². The van der Waals surface area contributed by atoms with Gasteiger partial charge in [0.1, 0.15) is 5.69 Å². The molecule has 154 valence electrons. The number of benzene rings is 1. The normalized spacial score (nSPS) is 20.6. The molecule has 8 heteroatoms. The second-order valence-electron chi connectivity index (χ2n) is 8.38. The lowest BCUT2D eigenvalue weighted by Crippen LogP contribution is -2.34. The molecule has 0 aliphatic carbocycles. The van der Waals surface area contributed by atoms with Crippen LogP contribution in [0, 0.1) is 32.6 Å². The lowest BCUT2D eigenvalue weighted by molar-refractivity contribution is 0.0782. The van der Waals surface area contributed by atoms with Gasteiger partial charge in [0, 0.05) is 49.4 Å². The average Bonchev–Trinajstić information content (AvgIpc) is 3.42. The summed E-state index contributed by atoms with van der Waals surface area (Å²) in [7, 11) is 0. The fourth-order valence-corrected chi connectivity index (χ4v) is 4.77. The second kappa shape index (κ2) is 7.19. The van der Waals surface area contributed by atoms with Crippen LogP contribution in [0.5, 0.6) is 0 Å². The molecule has 0 spiro atoms. The van der Waals surface area contributed by atoms with Gasteiger partial charge in [-0.3, -0.25) is 4.79 Å². The van der Waals surface area contributed by atoms with Crippen molar-refractivity contribution >= 4 is 11.9 Å². The Labute approximate surface area is 175 Å². The third-order valence-electron chi connectivity index (χ3n) is 6.11. The molecule has 2 fully saturated rings. The topological polar surface area (TPSA) is 80.0 Å². The summed E-state index contributed by atoms with van der Waals surface area (Å²) < 4.78 is 0. The molecular formula is C22H25N7O. The molecule has 2 aromatic heterocycles. The molecule has 8 nitrogen and oxygen atoms in total. The maximum Gasteiger partial charge on any atom is 0.256 e. The second-order valence-corrected chi connectivity index (χ2v) is 8.38. The lowest BCUT2D eigenvalue weighted by Gasteiger charge is -2.23. The summed E-state index contributed by atoms with van der Waals surface area (Å²) in [4.78, 5) is 28.4. The first-order valence-electron chi connectivity index (χ1n) is 10.3. The van der Waals surface area contributed by atoms with E-state index in [0.717, 1.165) is 54.8 Å². The SMILES string of the molecule is Cc1cc(C)nc(N2CC3CN(C(=O)c4cccc(C)c4-n4nccn4)CC3C2)n1. The van der Waals surface area contributed by atoms with Crippen LogP contribution in [0.25, 0.3) is 5.69 Å². The van der Waals surface area contributed by atoms with Gasteiger partial charge in [0.15, 0.2) is 0 Å². The fraction of sp³-hybridized carbons (Fsp3) is 0.409. The van der Waals surface area contributed by atoms with Crippen LogP contribution in [0.4, 0.5) is 5.95 Å². The van der Waals surface area contributed by atoms with Gasteiger partial charge >= 0.3 is 0 Å². The Hall–Kier alpha value is -3.29. The van der Waals surface area contributed by atoms with Gasteiger partial charge in [-0.1, -0.05) is 12.1 Å². The zero-order chi connectivity index (χ0) is 20.8. The first-order valence-corrected chi connectivity index (χ1v) is 10.3. The number of fused-ring (bicyclic) bond motifs is 1. The van der Waals surface area contributed by atoms with Crippen LogP contribution in [0.15, 0.2) is 36.7 Å². The van der Waals surface area contributed by atoms with Gasteiger partial charge in [-0.25, -0.2) is 9.97 Å². The highest BCUT2D eigenvalue weighted by Gasteiger charge is 2.43. The van der Waals surface area contributed by atoms with Crippen molar-refractivity contribution in [3.05, 3.63) is 59.2 Å².